The molecule has 0 radical (unpaired) electrons. The van der Waals surface area contributed by atoms with Crippen LogP contribution in [0.25, 0.3) is 4.96 Å². The fraction of sp³-hybridized carbons (Fsp3) is 0.455. The van der Waals surface area contributed by atoms with E-state index in [9.17, 15) is 13.2 Å². The Morgan fingerprint density at radius 2 is 2.14 bits per heavy atom. The quantitative estimate of drug-likeness (QED) is 0.808. The highest BCUT2D eigenvalue weighted by molar-refractivity contribution is 7.89. The minimum Gasteiger partial charge on any atom is -0.345 e. The molecule has 0 bridgehead atoms. The molecule has 1 saturated heterocycles. The Morgan fingerprint density at radius 3 is 2.90 bits per heavy atom. The van der Waals surface area contributed by atoms with Gasteiger partial charge in [-0.2, -0.15) is 4.31 Å². The first-order chi connectivity index (χ1) is 9.91. The summed E-state index contributed by atoms with van der Waals surface area (Å²) < 4.78 is 28.2. The minimum absolute atomic E-state index is 0.0631. The number of nitrogens with zero attached hydrogens (tertiary/aromatic N) is 4. The van der Waals surface area contributed by atoms with E-state index in [0.717, 1.165) is 0 Å². The van der Waals surface area contributed by atoms with Gasteiger partial charge in [0, 0.05) is 31.7 Å². The molecule has 10 heteroatoms. The van der Waals surface area contributed by atoms with Gasteiger partial charge in [-0.1, -0.05) is 11.6 Å². The number of hydrogen-bond donors (Lipinski definition) is 0. The summed E-state index contributed by atoms with van der Waals surface area (Å²) in [6.45, 7) is 0.650. The van der Waals surface area contributed by atoms with Crippen LogP contribution in [0, 0.1) is 0 Å². The second-order valence-electron chi connectivity index (χ2n) is 4.77. The second-order valence-corrected chi connectivity index (χ2v) is 7.86. The van der Waals surface area contributed by atoms with Crippen LogP contribution in [0.3, 0.4) is 0 Å². The van der Waals surface area contributed by atoms with Crippen LogP contribution in [-0.4, -0.2) is 59.6 Å². The normalized spacial score (nSPS) is 18.4. The van der Waals surface area contributed by atoms with Crippen molar-refractivity contribution >= 4 is 43.8 Å². The molecule has 2 aromatic heterocycles. The van der Waals surface area contributed by atoms with Gasteiger partial charge in [-0.3, -0.25) is 9.20 Å². The summed E-state index contributed by atoms with van der Waals surface area (Å²) >= 11 is 7.29. The van der Waals surface area contributed by atoms with E-state index in [1.165, 1.54) is 24.9 Å². The first-order valence-corrected chi connectivity index (χ1v) is 8.96. The molecule has 1 aliphatic heterocycles. The van der Waals surface area contributed by atoms with Crippen molar-refractivity contribution in [3.05, 3.63) is 16.7 Å². The lowest BCUT2D eigenvalue weighted by Crippen LogP contribution is -2.38. The van der Waals surface area contributed by atoms with Crippen LogP contribution in [0.1, 0.15) is 6.42 Å². The van der Waals surface area contributed by atoms with Crippen molar-refractivity contribution in [3.8, 4) is 0 Å². The maximum atomic E-state index is 12.8. The molecule has 0 saturated carbocycles. The molecule has 0 aliphatic carbocycles. The van der Waals surface area contributed by atoms with Crippen LogP contribution in [0.15, 0.2) is 16.6 Å². The van der Waals surface area contributed by atoms with E-state index in [2.05, 4.69) is 4.98 Å². The van der Waals surface area contributed by atoms with Crippen LogP contribution in [0.5, 0.6) is 0 Å². The van der Waals surface area contributed by atoms with Gasteiger partial charge in [-0.15, -0.1) is 11.3 Å². The van der Waals surface area contributed by atoms with Gasteiger partial charge >= 0.3 is 0 Å². The number of hydrogen-bond acceptors (Lipinski definition) is 5. The molecule has 7 nitrogen and oxygen atoms in total. The summed E-state index contributed by atoms with van der Waals surface area (Å²) in [7, 11) is -2.20. The Hall–Kier alpha value is -1.16. The number of amides is 1. The van der Waals surface area contributed by atoms with Gasteiger partial charge in [0.15, 0.2) is 15.1 Å². The number of likely N-dealkylation sites (N-methyl/N-ethyl adjacent to an activating group) is 1. The Morgan fingerprint density at radius 1 is 1.38 bits per heavy atom. The summed E-state index contributed by atoms with van der Waals surface area (Å²) in [6, 6.07) is 0. The fourth-order valence-corrected chi connectivity index (χ4v) is 5.09. The summed E-state index contributed by atoms with van der Waals surface area (Å²) in [5.74, 6) is -0.224. The number of carbonyl (C=O) groups excluding carboxylic acids is 1. The summed E-state index contributed by atoms with van der Waals surface area (Å²) in [5, 5.41) is 1.60. The molecule has 114 valence electrons. The minimum atomic E-state index is -3.86. The van der Waals surface area contributed by atoms with Gasteiger partial charge in [0.1, 0.15) is 0 Å². The van der Waals surface area contributed by atoms with Crippen LogP contribution in [-0.2, 0) is 14.8 Å². The van der Waals surface area contributed by atoms with E-state index in [4.69, 9.17) is 11.6 Å². The number of thiazole rings is 1. The molecule has 0 spiro atoms. The lowest BCUT2D eigenvalue weighted by atomic mass is 10.4. The Balaban J connectivity index is 2.05. The van der Waals surface area contributed by atoms with E-state index in [-0.39, 0.29) is 29.2 Å². The zero-order valence-electron chi connectivity index (χ0n) is 11.2. The number of rotatable bonds is 2. The number of halogens is 1. The molecule has 0 aromatic carbocycles. The third kappa shape index (κ3) is 2.44. The first-order valence-electron chi connectivity index (χ1n) is 6.26. The summed E-state index contributed by atoms with van der Waals surface area (Å²) in [6.07, 6.45) is 2.20. The SMILES string of the molecule is CN1CCCN(S(=O)(=O)c2c(Cl)nc3sccn23)CC1=O. The van der Waals surface area contributed by atoms with E-state index in [1.54, 1.807) is 18.6 Å². The van der Waals surface area contributed by atoms with Gasteiger partial charge < -0.3 is 4.90 Å². The van der Waals surface area contributed by atoms with Crippen molar-refractivity contribution in [2.24, 2.45) is 0 Å². The molecule has 0 atom stereocenters. The van der Waals surface area contributed by atoms with Crippen molar-refractivity contribution < 1.29 is 13.2 Å². The highest BCUT2D eigenvalue weighted by atomic mass is 35.5. The van der Waals surface area contributed by atoms with Gasteiger partial charge in [0.2, 0.25) is 5.91 Å². The highest BCUT2D eigenvalue weighted by Crippen LogP contribution is 2.28. The molecule has 21 heavy (non-hydrogen) atoms. The zero-order chi connectivity index (χ0) is 15.2. The van der Waals surface area contributed by atoms with Crippen molar-refractivity contribution in [1.29, 1.82) is 0 Å². The first kappa shape index (κ1) is 14.8. The molecule has 0 N–H and O–H groups in total. The standard InChI is InChI=1S/C11H13ClN4O3S2/c1-14-3-2-4-15(7-8(14)17)21(18,19)10-9(12)13-11-16(10)5-6-20-11/h5-6H,2-4,7H2,1H3. The van der Waals surface area contributed by atoms with Crippen molar-refractivity contribution in [2.45, 2.75) is 11.4 Å². The van der Waals surface area contributed by atoms with Crippen molar-refractivity contribution in [1.82, 2.24) is 18.6 Å². The van der Waals surface area contributed by atoms with E-state index in [0.29, 0.717) is 17.9 Å². The topological polar surface area (TPSA) is 75.0 Å². The zero-order valence-corrected chi connectivity index (χ0v) is 13.6. The smallest absolute Gasteiger partial charge is 0.262 e. The van der Waals surface area contributed by atoms with Crippen molar-refractivity contribution in [2.75, 3.05) is 26.7 Å². The number of aromatic nitrogens is 2. The van der Waals surface area contributed by atoms with Gasteiger partial charge in [0.25, 0.3) is 10.0 Å². The lowest BCUT2D eigenvalue weighted by Gasteiger charge is -2.19. The van der Waals surface area contributed by atoms with Crippen LogP contribution in [0.2, 0.25) is 5.15 Å². The Labute approximate surface area is 130 Å². The van der Waals surface area contributed by atoms with E-state index >= 15 is 0 Å². The van der Waals surface area contributed by atoms with Gasteiger partial charge in [-0.05, 0) is 6.42 Å². The summed E-state index contributed by atoms with van der Waals surface area (Å²) in [5.41, 5.74) is 0. The van der Waals surface area contributed by atoms with Crippen molar-refractivity contribution in [3.63, 3.8) is 0 Å². The summed E-state index contributed by atoms with van der Waals surface area (Å²) in [4.78, 5) is 18.0. The Bertz CT molecular complexity index is 798. The molecular weight excluding hydrogens is 336 g/mol. The van der Waals surface area contributed by atoms with Gasteiger partial charge in [0.05, 0.1) is 6.54 Å². The molecule has 1 fully saturated rings. The average Bonchev–Trinajstić information content (AvgIpc) is 2.90. The van der Waals surface area contributed by atoms with Gasteiger partial charge in [-0.25, -0.2) is 13.4 Å². The molecule has 3 heterocycles. The van der Waals surface area contributed by atoms with Crippen LogP contribution in [0.4, 0.5) is 0 Å². The third-order valence-corrected chi connectivity index (χ3v) is 6.40. The monoisotopic (exact) mass is 348 g/mol. The molecule has 3 rings (SSSR count). The van der Waals surface area contributed by atoms with E-state index in [1.807, 2.05) is 0 Å². The Kier molecular flexibility index (Phi) is 3.68. The number of carbonyl (C=O) groups is 1. The third-order valence-electron chi connectivity index (χ3n) is 3.40. The molecular formula is C11H13ClN4O3S2. The number of imidazole rings is 1. The predicted octanol–water partition coefficient (Wildman–Crippen LogP) is 0.902. The molecule has 1 aliphatic rings. The van der Waals surface area contributed by atoms with Crippen LogP contribution < -0.4 is 0 Å². The average molecular weight is 349 g/mol. The lowest BCUT2D eigenvalue weighted by molar-refractivity contribution is -0.129. The molecule has 0 unspecified atom stereocenters. The number of fused-ring (bicyclic) bond motifs is 1. The fourth-order valence-electron chi connectivity index (χ4n) is 2.26. The highest BCUT2D eigenvalue weighted by Gasteiger charge is 2.34. The number of sulfonamides is 1. The largest absolute Gasteiger partial charge is 0.345 e. The maximum Gasteiger partial charge on any atom is 0.262 e. The maximum absolute atomic E-state index is 12.8. The van der Waals surface area contributed by atoms with Crippen LogP contribution >= 0.6 is 22.9 Å². The second kappa shape index (κ2) is 5.24. The molecule has 1 amide bonds. The molecule has 2 aromatic rings. The van der Waals surface area contributed by atoms with E-state index < -0.39 is 10.0 Å². The predicted molar refractivity (Wildman–Crippen MR) is 79.1 cm³/mol.